The summed E-state index contributed by atoms with van der Waals surface area (Å²) in [5, 5.41) is 0.768. The lowest BCUT2D eigenvalue weighted by Crippen LogP contribution is -2.20. The number of halogens is 2. The van der Waals surface area contributed by atoms with Gasteiger partial charge in [-0.1, -0.05) is 63.6 Å². The van der Waals surface area contributed by atoms with Crippen LogP contribution in [0.15, 0.2) is 81.0 Å². The number of hydrogen-bond acceptors (Lipinski definition) is 2. The van der Waals surface area contributed by atoms with E-state index in [2.05, 4.69) is 81.5 Å². The zero-order chi connectivity index (χ0) is 15.8. The molecule has 3 aromatic carbocycles. The number of fused-ring (bicyclic) bond motifs is 2. The van der Waals surface area contributed by atoms with Gasteiger partial charge in [0.1, 0.15) is 0 Å². The maximum absolute atomic E-state index is 6.25. The van der Waals surface area contributed by atoms with E-state index in [4.69, 9.17) is 11.6 Å². The number of nitrogens with zero attached hydrogens (tertiary/aromatic N) is 1. The Morgan fingerprint density at radius 3 is 2.43 bits per heavy atom. The van der Waals surface area contributed by atoms with Crippen LogP contribution in [0.2, 0.25) is 5.02 Å². The molecule has 0 spiro atoms. The second-order valence-corrected chi connectivity index (χ2v) is 7.83. The fraction of sp³-hybridized carbons (Fsp3) is 0.0526. The first-order chi connectivity index (χ1) is 11.2. The van der Waals surface area contributed by atoms with Crippen molar-refractivity contribution in [2.24, 2.45) is 0 Å². The van der Waals surface area contributed by atoms with Crippen LogP contribution in [0.25, 0.3) is 0 Å². The summed E-state index contributed by atoms with van der Waals surface area (Å²) in [4.78, 5) is 4.86. The minimum Gasteiger partial charge on any atom is -0.335 e. The number of benzene rings is 3. The van der Waals surface area contributed by atoms with Crippen LogP contribution in [-0.2, 0) is 6.54 Å². The van der Waals surface area contributed by atoms with Crippen LogP contribution in [0, 0.1) is 0 Å². The lowest BCUT2D eigenvalue weighted by molar-refractivity contribution is 0.938. The summed E-state index contributed by atoms with van der Waals surface area (Å²) >= 11 is 11.5. The summed E-state index contributed by atoms with van der Waals surface area (Å²) in [6.45, 7) is 0.818. The van der Waals surface area contributed by atoms with E-state index in [0.29, 0.717) is 0 Å². The highest BCUT2D eigenvalue weighted by atomic mass is 79.9. The lowest BCUT2D eigenvalue weighted by Gasteiger charge is -2.33. The van der Waals surface area contributed by atoms with Gasteiger partial charge in [-0.15, -0.1) is 0 Å². The Kier molecular flexibility index (Phi) is 4.10. The number of hydrogen-bond donors (Lipinski definition) is 0. The molecule has 23 heavy (non-hydrogen) atoms. The van der Waals surface area contributed by atoms with Crippen molar-refractivity contribution in [2.75, 3.05) is 4.90 Å². The molecule has 0 N–H and O–H groups in total. The Morgan fingerprint density at radius 1 is 0.870 bits per heavy atom. The van der Waals surface area contributed by atoms with Crippen molar-refractivity contribution in [3.8, 4) is 0 Å². The maximum atomic E-state index is 6.25. The Labute approximate surface area is 153 Å². The van der Waals surface area contributed by atoms with E-state index in [9.17, 15) is 0 Å². The van der Waals surface area contributed by atoms with Gasteiger partial charge in [0.25, 0.3) is 0 Å². The average molecular weight is 403 g/mol. The molecule has 0 amide bonds. The Hall–Kier alpha value is -1.42. The molecule has 1 aliphatic rings. The fourth-order valence-corrected chi connectivity index (χ4v) is 4.25. The van der Waals surface area contributed by atoms with E-state index in [0.717, 1.165) is 16.0 Å². The molecule has 4 heteroatoms. The van der Waals surface area contributed by atoms with E-state index in [1.807, 2.05) is 6.07 Å². The third-order valence-corrected chi connectivity index (χ3v) is 5.74. The van der Waals surface area contributed by atoms with E-state index in [1.165, 1.54) is 26.7 Å². The normalized spacial score (nSPS) is 12.7. The molecule has 1 heterocycles. The van der Waals surface area contributed by atoms with Crippen molar-refractivity contribution in [3.05, 3.63) is 81.8 Å². The molecular weight excluding hydrogens is 390 g/mol. The Bertz CT molecular complexity index is 863. The van der Waals surface area contributed by atoms with E-state index >= 15 is 0 Å². The maximum Gasteiger partial charge on any atom is 0.0570 e. The first-order valence-corrected chi connectivity index (χ1v) is 9.28. The van der Waals surface area contributed by atoms with Crippen molar-refractivity contribution < 1.29 is 0 Å². The number of anilines is 2. The van der Waals surface area contributed by atoms with E-state index in [1.54, 1.807) is 11.8 Å². The molecule has 0 fully saturated rings. The smallest absolute Gasteiger partial charge is 0.0570 e. The summed E-state index contributed by atoms with van der Waals surface area (Å²) in [6, 6.07) is 23.1. The van der Waals surface area contributed by atoms with Gasteiger partial charge in [0.15, 0.2) is 0 Å². The zero-order valence-corrected chi connectivity index (χ0v) is 15.3. The molecule has 0 unspecified atom stereocenters. The highest BCUT2D eigenvalue weighted by molar-refractivity contribution is 9.10. The Balaban J connectivity index is 1.81. The van der Waals surface area contributed by atoms with Crippen LogP contribution in [-0.4, -0.2) is 0 Å². The van der Waals surface area contributed by atoms with Gasteiger partial charge in [0, 0.05) is 25.8 Å². The highest BCUT2D eigenvalue weighted by Crippen LogP contribution is 2.49. The standard InChI is InChI=1S/C19H13BrClNS/c20-14-7-5-13(6-8-14)12-22-16-3-1-2-4-18(16)23-19-10-9-15(21)11-17(19)22/h1-11H,12H2. The van der Waals surface area contributed by atoms with Gasteiger partial charge in [-0.05, 0) is 48.0 Å². The monoisotopic (exact) mass is 401 g/mol. The molecule has 1 aliphatic heterocycles. The molecule has 0 saturated carbocycles. The second-order valence-electron chi connectivity index (χ2n) is 5.39. The highest BCUT2D eigenvalue weighted by Gasteiger charge is 2.23. The molecule has 1 nitrogen and oxygen atoms in total. The van der Waals surface area contributed by atoms with Gasteiger partial charge < -0.3 is 4.90 Å². The molecule has 0 aromatic heterocycles. The second kappa shape index (κ2) is 6.23. The zero-order valence-electron chi connectivity index (χ0n) is 12.2. The van der Waals surface area contributed by atoms with Crippen molar-refractivity contribution in [2.45, 2.75) is 16.3 Å². The van der Waals surface area contributed by atoms with Crippen molar-refractivity contribution in [1.82, 2.24) is 0 Å². The molecular formula is C19H13BrClNS. The predicted molar refractivity (Wildman–Crippen MR) is 102 cm³/mol. The van der Waals surface area contributed by atoms with Gasteiger partial charge in [0.05, 0.1) is 11.4 Å². The van der Waals surface area contributed by atoms with Gasteiger partial charge >= 0.3 is 0 Å². The average Bonchev–Trinajstić information content (AvgIpc) is 2.57. The first-order valence-electron chi connectivity index (χ1n) is 7.29. The third-order valence-electron chi connectivity index (χ3n) is 3.84. The summed E-state index contributed by atoms with van der Waals surface area (Å²) in [5.41, 5.74) is 3.67. The van der Waals surface area contributed by atoms with Crippen molar-refractivity contribution in [1.29, 1.82) is 0 Å². The van der Waals surface area contributed by atoms with Crippen LogP contribution >= 0.6 is 39.3 Å². The molecule has 114 valence electrons. The minimum absolute atomic E-state index is 0.768. The molecule has 4 rings (SSSR count). The Morgan fingerprint density at radius 2 is 1.61 bits per heavy atom. The van der Waals surface area contributed by atoms with Crippen molar-refractivity contribution in [3.63, 3.8) is 0 Å². The van der Waals surface area contributed by atoms with E-state index < -0.39 is 0 Å². The lowest BCUT2D eigenvalue weighted by atomic mass is 10.1. The molecule has 0 bridgehead atoms. The van der Waals surface area contributed by atoms with E-state index in [-0.39, 0.29) is 0 Å². The third kappa shape index (κ3) is 3.01. The minimum atomic E-state index is 0.768. The predicted octanol–water partition coefficient (Wildman–Crippen LogP) is 6.91. The number of para-hydroxylation sites is 1. The molecule has 0 atom stereocenters. The van der Waals surface area contributed by atoms with Crippen LogP contribution in [0.4, 0.5) is 11.4 Å². The molecule has 0 radical (unpaired) electrons. The van der Waals surface area contributed by atoms with Crippen LogP contribution < -0.4 is 4.90 Å². The van der Waals surface area contributed by atoms with Gasteiger partial charge in [-0.2, -0.15) is 0 Å². The summed E-state index contributed by atoms with van der Waals surface area (Å²) in [7, 11) is 0. The fourth-order valence-electron chi connectivity index (χ4n) is 2.75. The van der Waals surface area contributed by atoms with Crippen LogP contribution in [0.5, 0.6) is 0 Å². The van der Waals surface area contributed by atoms with Gasteiger partial charge in [0.2, 0.25) is 0 Å². The summed E-state index contributed by atoms with van der Waals surface area (Å²) < 4.78 is 1.10. The van der Waals surface area contributed by atoms with Crippen molar-refractivity contribution >= 4 is 50.7 Å². The topological polar surface area (TPSA) is 3.24 Å². The molecule has 0 aliphatic carbocycles. The first kappa shape index (κ1) is 15.1. The van der Waals surface area contributed by atoms with Crippen LogP contribution in [0.3, 0.4) is 0 Å². The quantitative estimate of drug-likeness (QED) is 0.458. The SMILES string of the molecule is Clc1ccc2c(c1)N(Cc1ccc(Br)cc1)c1ccccc1S2. The summed E-state index contributed by atoms with van der Waals surface area (Å²) in [6.07, 6.45) is 0. The largest absolute Gasteiger partial charge is 0.335 e. The van der Waals surface area contributed by atoms with Gasteiger partial charge in [-0.3, -0.25) is 0 Å². The summed E-state index contributed by atoms with van der Waals surface area (Å²) in [5.74, 6) is 0. The van der Waals surface area contributed by atoms with Crippen LogP contribution in [0.1, 0.15) is 5.56 Å². The number of rotatable bonds is 2. The molecule has 0 saturated heterocycles. The van der Waals surface area contributed by atoms with Gasteiger partial charge in [-0.25, -0.2) is 0 Å². The molecule has 3 aromatic rings.